The third-order valence-corrected chi connectivity index (χ3v) is 3.65. The second-order valence-electron chi connectivity index (χ2n) is 5.52. The first-order valence-electron chi connectivity index (χ1n) is 8.36. The Morgan fingerprint density at radius 1 is 1.19 bits per heavy atom. The van der Waals surface area contributed by atoms with Gasteiger partial charge in [-0.3, -0.25) is 9.78 Å². The molecular weight excluding hydrogens is 332 g/mol. The molecule has 0 spiro atoms. The maximum absolute atomic E-state index is 11.7. The zero-order valence-corrected chi connectivity index (χ0v) is 15.1. The zero-order chi connectivity index (χ0) is 18.6. The normalized spacial score (nSPS) is 10.7. The van der Waals surface area contributed by atoms with E-state index in [1.807, 2.05) is 30.3 Å². The summed E-state index contributed by atoms with van der Waals surface area (Å²) in [6, 6.07) is 9.52. The van der Waals surface area contributed by atoms with Gasteiger partial charge >= 0.3 is 0 Å². The minimum atomic E-state index is -0.135. The lowest BCUT2D eigenvalue weighted by Gasteiger charge is -2.10. The third-order valence-electron chi connectivity index (χ3n) is 3.65. The molecule has 138 valence electrons. The number of amides is 1. The van der Waals surface area contributed by atoms with Gasteiger partial charge in [0.05, 0.1) is 20.4 Å². The molecule has 7 nitrogen and oxygen atoms in total. The minimum absolute atomic E-state index is 0.135. The average Bonchev–Trinajstić information content (AvgIpc) is 2.68. The van der Waals surface area contributed by atoms with E-state index >= 15 is 0 Å². The lowest BCUT2D eigenvalue weighted by atomic mass is 10.1. The molecule has 1 heterocycles. The summed E-state index contributed by atoms with van der Waals surface area (Å²) in [6.45, 7) is 1.35. The van der Waals surface area contributed by atoms with Crippen LogP contribution in [-0.2, 0) is 11.2 Å². The maximum Gasteiger partial charge on any atom is 0.241 e. The van der Waals surface area contributed by atoms with Crippen molar-refractivity contribution in [3.63, 3.8) is 0 Å². The Bertz CT molecular complexity index is 720. The monoisotopic (exact) mass is 356 g/mol. The lowest BCUT2D eigenvalue weighted by molar-refractivity contribution is -0.120. The van der Waals surface area contributed by atoms with E-state index in [9.17, 15) is 4.79 Å². The first-order chi connectivity index (χ1) is 12.7. The average molecular weight is 356 g/mol. The number of hydrogen-bond donors (Lipinski definition) is 2. The van der Waals surface area contributed by atoms with E-state index in [1.54, 1.807) is 32.8 Å². The minimum Gasteiger partial charge on any atom is -0.493 e. The largest absolute Gasteiger partial charge is 0.493 e. The fourth-order valence-electron chi connectivity index (χ4n) is 2.28. The van der Waals surface area contributed by atoms with E-state index in [4.69, 9.17) is 9.47 Å². The maximum atomic E-state index is 11.7. The second-order valence-corrected chi connectivity index (χ2v) is 5.52. The number of carbonyl (C=O) groups excluding carboxylic acids is 1. The molecule has 0 aliphatic carbocycles. The summed E-state index contributed by atoms with van der Waals surface area (Å²) in [6.07, 6.45) is 6.11. The second kappa shape index (κ2) is 10.8. The van der Waals surface area contributed by atoms with E-state index < -0.39 is 0 Å². The van der Waals surface area contributed by atoms with Gasteiger partial charge in [0.15, 0.2) is 11.5 Å². The van der Waals surface area contributed by atoms with Gasteiger partial charge in [-0.25, -0.2) is 5.43 Å². The van der Waals surface area contributed by atoms with Crippen LogP contribution in [0, 0.1) is 0 Å². The molecule has 1 amide bonds. The third kappa shape index (κ3) is 6.52. The molecule has 26 heavy (non-hydrogen) atoms. The van der Waals surface area contributed by atoms with Crippen LogP contribution in [0.15, 0.2) is 47.8 Å². The number of rotatable bonds is 10. The van der Waals surface area contributed by atoms with Gasteiger partial charge in [0.2, 0.25) is 5.91 Å². The predicted molar refractivity (Wildman–Crippen MR) is 101 cm³/mol. The van der Waals surface area contributed by atoms with Gasteiger partial charge in [-0.15, -0.1) is 0 Å². The quantitative estimate of drug-likeness (QED) is 0.385. The highest BCUT2D eigenvalue weighted by molar-refractivity contribution is 5.82. The molecule has 0 aliphatic heterocycles. The summed E-state index contributed by atoms with van der Waals surface area (Å²) in [5, 5.41) is 7.15. The molecule has 0 unspecified atom stereocenters. The summed E-state index contributed by atoms with van der Waals surface area (Å²) < 4.78 is 10.5. The van der Waals surface area contributed by atoms with Crippen LogP contribution >= 0.6 is 0 Å². The van der Waals surface area contributed by atoms with Crippen LogP contribution in [0.3, 0.4) is 0 Å². The van der Waals surface area contributed by atoms with Crippen LogP contribution in [0.5, 0.6) is 11.5 Å². The highest BCUT2D eigenvalue weighted by Crippen LogP contribution is 2.27. The van der Waals surface area contributed by atoms with Crippen LogP contribution in [0.25, 0.3) is 0 Å². The number of ether oxygens (including phenoxy) is 2. The number of nitrogens with one attached hydrogen (secondary N) is 2. The molecule has 1 aromatic carbocycles. The molecule has 2 N–H and O–H groups in total. The molecule has 2 rings (SSSR count). The smallest absolute Gasteiger partial charge is 0.241 e. The van der Waals surface area contributed by atoms with Gasteiger partial charge < -0.3 is 14.8 Å². The Hall–Kier alpha value is -2.93. The van der Waals surface area contributed by atoms with E-state index in [-0.39, 0.29) is 5.91 Å². The van der Waals surface area contributed by atoms with Crippen molar-refractivity contribution in [3.8, 4) is 11.5 Å². The number of methoxy groups -OCH3 is 2. The number of hydrazone groups is 1. The number of carbonyl (C=O) groups is 1. The molecule has 0 saturated carbocycles. The molecule has 0 atom stereocenters. The van der Waals surface area contributed by atoms with Crippen molar-refractivity contribution in [3.05, 3.63) is 53.9 Å². The number of aromatic nitrogens is 1. The van der Waals surface area contributed by atoms with Gasteiger partial charge in [-0.1, -0.05) is 12.1 Å². The van der Waals surface area contributed by atoms with Crippen molar-refractivity contribution in [1.29, 1.82) is 0 Å². The van der Waals surface area contributed by atoms with Gasteiger partial charge in [-0.05, 0) is 36.7 Å². The molecule has 1 aromatic heterocycles. The number of nitrogens with zero attached hydrogens (tertiary/aromatic N) is 2. The molecule has 2 aromatic rings. The van der Waals surface area contributed by atoms with Gasteiger partial charge in [0.25, 0.3) is 0 Å². The molecular formula is C19H24N4O3. The van der Waals surface area contributed by atoms with E-state index in [0.717, 1.165) is 29.8 Å². The van der Waals surface area contributed by atoms with Crippen LogP contribution < -0.4 is 20.2 Å². The molecule has 0 bridgehead atoms. The summed E-state index contributed by atoms with van der Waals surface area (Å²) in [5.74, 6) is 1.30. The van der Waals surface area contributed by atoms with Gasteiger partial charge in [0, 0.05) is 30.9 Å². The Balaban J connectivity index is 1.63. The lowest BCUT2D eigenvalue weighted by Crippen LogP contribution is -2.25. The molecule has 0 fully saturated rings. The highest BCUT2D eigenvalue weighted by atomic mass is 16.5. The Labute approximate surface area is 153 Å². The highest BCUT2D eigenvalue weighted by Gasteiger charge is 2.04. The van der Waals surface area contributed by atoms with Crippen LogP contribution in [0.2, 0.25) is 0 Å². The Kier molecular flexibility index (Phi) is 8.08. The van der Waals surface area contributed by atoms with Crippen LogP contribution in [0.4, 0.5) is 0 Å². The fraction of sp³-hybridized carbons (Fsp3) is 0.316. The Morgan fingerprint density at radius 2 is 2.04 bits per heavy atom. The summed E-state index contributed by atoms with van der Waals surface area (Å²) >= 11 is 0. The molecule has 0 aliphatic rings. The summed E-state index contributed by atoms with van der Waals surface area (Å²) in [4.78, 5) is 15.7. The van der Waals surface area contributed by atoms with Crippen molar-refractivity contribution in [2.24, 2.45) is 5.10 Å². The topological polar surface area (TPSA) is 84.8 Å². The zero-order valence-electron chi connectivity index (χ0n) is 15.1. The number of hydrogen-bond acceptors (Lipinski definition) is 6. The van der Waals surface area contributed by atoms with Gasteiger partial charge in [-0.2, -0.15) is 5.10 Å². The first-order valence-corrected chi connectivity index (χ1v) is 8.36. The van der Waals surface area contributed by atoms with E-state index in [2.05, 4.69) is 20.8 Å². The van der Waals surface area contributed by atoms with Crippen LogP contribution in [0.1, 0.15) is 17.5 Å². The predicted octanol–water partition coefficient (Wildman–Crippen LogP) is 1.77. The van der Waals surface area contributed by atoms with Crippen molar-refractivity contribution in [2.45, 2.75) is 12.8 Å². The molecule has 0 saturated heterocycles. The van der Waals surface area contributed by atoms with Gasteiger partial charge in [0.1, 0.15) is 0 Å². The van der Waals surface area contributed by atoms with E-state index in [0.29, 0.717) is 18.7 Å². The van der Waals surface area contributed by atoms with Crippen molar-refractivity contribution in [1.82, 2.24) is 15.7 Å². The van der Waals surface area contributed by atoms with Crippen molar-refractivity contribution in [2.75, 3.05) is 27.3 Å². The molecule has 7 heteroatoms. The first kappa shape index (κ1) is 19.4. The van der Waals surface area contributed by atoms with Crippen molar-refractivity contribution < 1.29 is 14.3 Å². The number of benzene rings is 1. The van der Waals surface area contributed by atoms with Crippen LogP contribution in [-0.4, -0.2) is 44.4 Å². The SMILES string of the molecule is COc1ccc(CCNCCC(=O)N/N=C\c2cccnc2)cc1OC. The summed E-state index contributed by atoms with van der Waals surface area (Å²) in [7, 11) is 3.24. The molecule has 0 radical (unpaired) electrons. The fourth-order valence-corrected chi connectivity index (χ4v) is 2.28. The van der Waals surface area contributed by atoms with E-state index in [1.165, 1.54) is 0 Å². The standard InChI is InChI=1S/C19H24N4O3/c1-25-17-6-5-15(12-18(17)26-2)7-10-20-11-8-19(24)23-22-14-16-4-3-9-21-13-16/h3-6,9,12-14,20H,7-8,10-11H2,1-2H3,(H,23,24)/b22-14-. The Morgan fingerprint density at radius 3 is 2.77 bits per heavy atom. The van der Waals surface area contributed by atoms with Crippen molar-refractivity contribution >= 4 is 12.1 Å². The number of pyridine rings is 1. The summed E-state index contributed by atoms with van der Waals surface area (Å²) in [5.41, 5.74) is 4.47.